The van der Waals surface area contributed by atoms with Crippen LogP contribution in [0.1, 0.15) is 54.6 Å². The first-order valence-corrected chi connectivity index (χ1v) is 14.2. The average molecular weight is 631 g/mol. The van der Waals surface area contributed by atoms with Crippen LogP contribution >= 0.6 is 23.2 Å². The summed E-state index contributed by atoms with van der Waals surface area (Å²) in [7, 11) is 2.61. The predicted molar refractivity (Wildman–Crippen MR) is 161 cm³/mol. The highest BCUT2D eigenvalue weighted by atomic mass is 35.5. The minimum absolute atomic E-state index is 0.0270. The number of nitrogens with zero attached hydrogens (tertiary/aromatic N) is 1. The van der Waals surface area contributed by atoms with Crippen LogP contribution in [0.5, 0.6) is 5.75 Å². The average Bonchev–Trinajstić information content (AvgIpc) is 3.27. The quantitative estimate of drug-likeness (QED) is 0.272. The van der Waals surface area contributed by atoms with E-state index in [9.17, 15) is 14.9 Å². The van der Waals surface area contributed by atoms with Gasteiger partial charge in [0.15, 0.2) is 0 Å². The Morgan fingerprint density at radius 3 is 2.42 bits per heavy atom. The number of esters is 1. The minimum atomic E-state index is -1.77. The molecule has 0 spiro atoms. The lowest BCUT2D eigenvalue weighted by Crippen LogP contribution is -2.45. The summed E-state index contributed by atoms with van der Waals surface area (Å²) in [6.07, 6.45) is 0.322. The molecule has 0 aliphatic carbocycles. The van der Waals surface area contributed by atoms with Gasteiger partial charge in [-0.1, -0.05) is 62.2 Å². The molecule has 4 atom stereocenters. The Balaban J connectivity index is 1.93. The minimum Gasteiger partial charge on any atom is -0.495 e. The van der Waals surface area contributed by atoms with E-state index in [0.29, 0.717) is 6.42 Å². The molecule has 3 aromatic rings. The third kappa shape index (κ3) is 6.19. The number of benzene rings is 3. The molecule has 1 heterocycles. The molecule has 0 bridgehead atoms. The summed E-state index contributed by atoms with van der Waals surface area (Å²) in [6.45, 7) is 5.85. The number of rotatable bonds is 7. The Bertz CT molecular complexity index is 1600. The van der Waals surface area contributed by atoms with Crippen molar-refractivity contribution in [1.82, 2.24) is 5.32 Å². The van der Waals surface area contributed by atoms with Crippen molar-refractivity contribution in [3.8, 4) is 11.8 Å². The lowest BCUT2D eigenvalue weighted by molar-refractivity contribution is -0.118. The molecule has 0 aromatic heterocycles. The van der Waals surface area contributed by atoms with Gasteiger partial charge in [-0.05, 0) is 53.8 Å². The van der Waals surface area contributed by atoms with Crippen molar-refractivity contribution in [2.75, 3.05) is 19.5 Å². The molecule has 4 rings (SSSR count). The Morgan fingerprint density at radius 1 is 1.09 bits per heavy atom. The van der Waals surface area contributed by atoms with Crippen LogP contribution in [0.4, 0.5) is 14.5 Å². The molecule has 0 saturated carbocycles. The van der Waals surface area contributed by atoms with Gasteiger partial charge in [0.1, 0.15) is 22.8 Å². The SMILES string of the molecule is COC(=O)c1ccc(NC(=O)C2NC(CC(C)(C)C)[C@](C#N)(c3ccc(Cl)cc3F)C2c2cccc(Cl)c2F)c(OC)c1. The summed E-state index contributed by atoms with van der Waals surface area (Å²) < 4.78 is 41.8. The van der Waals surface area contributed by atoms with Gasteiger partial charge in [-0.25, -0.2) is 13.6 Å². The molecular formula is C32H31Cl2F2N3O4. The van der Waals surface area contributed by atoms with E-state index < -0.39 is 52.3 Å². The van der Waals surface area contributed by atoms with Crippen molar-refractivity contribution in [2.45, 2.75) is 50.6 Å². The molecule has 0 radical (unpaired) electrons. The van der Waals surface area contributed by atoms with Gasteiger partial charge in [0, 0.05) is 22.5 Å². The zero-order valence-corrected chi connectivity index (χ0v) is 25.7. The number of halogens is 4. The number of carbonyl (C=O) groups excluding carboxylic acids is 2. The molecule has 1 fully saturated rings. The van der Waals surface area contributed by atoms with Crippen molar-refractivity contribution in [3.63, 3.8) is 0 Å². The van der Waals surface area contributed by atoms with Crippen molar-refractivity contribution >= 4 is 40.8 Å². The summed E-state index contributed by atoms with van der Waals surface area (Å²) >= 11 is 12.3. The van der Waals surface area contributed by atoms with E-state index in [1.165, 1.54) is 62.8 Å². The second kappa shape index (κ2) is 12.5. The van der Waals surface area contributed by atoms with Crippen molar-refractivity contribution in [2.24, 2.45) is 5.41 Å². The molecule has 1 amide bonds. The molecular weight excluding hydrogens is 599 g/mol. The number of nitrogens with one attached hydrogen (secondary N) is 2. The van der Waals surface area contributed by atoms with E-state index >= 15 is 8.78 Å². The van der Waals surface area contributed by atoms with Crippen LogP contribution in [0.3, 0.4) is 0 Å². The molecule has 7 nitrogen and oxygen atoms in total. The molecule has 11 heteroatoms. The van der Waals surface area contributed by atoms with Gasteiger partial charge in [0.25, 0.3) is 0 Å². The van der Waals surface area contributed by atoms with Crippen LogP contribution in [0.2, 0.25) is 10.0 Å². The van der Waals surface area contributed by atoms with Gasteiger partial charge >= 0.3 is 5.97 Å². The molecule has 1 saturated heterocycles. The summed E-state index contributed by atoms with van der Waals surface area (Å²) in [5, 5.41) is 16.9. The standard InChI is InChI=1S/C32H31Cl2F2N3O4/c1-31(2,3)15-25-32(16-37,20-11-10-18(33)14-22(20)35)26(19-7-6-8-21(34)27(19)36)28(39-25)29(40)38-23-12-9-17(30(41)43-5)13-24(23)42-4/h6-14,25-26,28,39H,15H2,1-5H3,(H,38,40)/t25?,26?,28?,32-/m0/s1. The number of methoxy groups -OCH3 is 2. The second-order valence-electron chi connectivity index (χ2n) is 11.6. The van der Waals surface area contributed by atoms with Crippen molar-refractivity contribution < 1.29 is 27.8 Å². The number of hydrogen-bond acceptors (Lipinski definition) is 6. The lowest BCUT2D eigenvalue weighted by atomic mass is 9.62. The van der Waals surface area contributed by atoms with Crippen LogP contribution in [0, 0.1) is 28.4 Å². The van der Waals surface area contributed by atoms with E-state index in [4.69, 9.17) is 32.7 Å². The topological polar surface area (TPSA) is 100 Å². The van der Waals surface area contributed by atoms with Gasteiger partial charge in [0.05, 0.1) is 42.6 Å². The van der Waals surface area contributed by atoms with Crippen LogP contribution in [-0.4, -0.2) is 38.2 Å². The number of nitriles is 1. The molecule has 43 heavy (non-hydrogen) atoms. The summed E-state index contributed by atoms with van der Waals surface area (Å²) in [6, 6.07) is 12.9. The fourth-order valence-electron chi connectivity index (χ4n) is 5.81. The first-order valence-electron chi connectivity index (χ1n) is 13.4. The summed E-state index contributed by atoms with van der Waals surface area (Å²) in [4.78, 5) is 26.2. The zero-order valence-electron chi connectivity index (χ0n) is 24.2. The fraction of sp³-hybridized carbons (Fsp3) is 0.344. The largest absolute Gasteiger partial charge is 0.495 e. The number of ether oxygens (including phenoxy) is 2. The van der Waals surface area contributed by atoms with E-state index in [-0.39, 0.29) is 38.2 Å². The first kappa shape index (κ1) is 32.2. The van der Waals surface area contributed by atoms with Crippen LogP contribution < -0.4 is 15.4 Å². The molecule has 1 aliphatic heterocycles. The van der Waals surface area contributed by atoms with Crippen LogP contribution in [0.25, 0.3) is 0 Å². The molecule has 3 aromatic carbocycles. The first-order chi connectivity index (χ1) is 20.3. The molecule has 2 N–H and O–H groups in total. The summed E-state index contributed by atoms with van der Waals surface area (Å²) in [5.74, 6) is -3.89. The highest BCUT2D eigenvalue weighted by molar-refractivity contribution is 6.31. The second-order valence-corrected chi connectivity index (χ2v) is 12.4. The lowest BCUT2D eigenvalue weighted by Gasteiger charge is -2.37. The Morgan fingerprint density at radius 2 is 1.81 bits per heavy atom. The van der Waals surface area contributed by atoms with E-state index in [1.54, 1.807) is 0 Å². The predicted octanol–water partition coefficient (Wildman–Crippen LogP) is 7.03. The molecule has 1 aliphatic rings. The maximum absolute atomic E-state index is 15.8. The zero-order chi connectivity index (χ0) is 31.7. The highest BCUT2D eigenvalue weighted by Crippen LogP contribution is 2.53. The highest BCUT2D eigenvalue weighted by Gasteiger charge is 2.61. The van der Waals surface area contributed by atoms with Gasteiger partial charge in [-0.2, -0.15) is 5.26 Å². The van der Waals surface area contributed by atoms with E-state index in [1.807, 2.05) is 20.8 Å². The normalized spacial score (nSPS) is 21.6. The number of amides is 1. The van der Waals surface area contributed by atoms with Gasteiger partial charge in [-0.15, -0.1) is 0 Å². The number of hydrogen-bond donors (Lipinski definition) is 2. The van der Waals surface area contributed by atoms with Crippen LogP contribution in [0.15, 0.2) is 54.6 Å². The maximum Gasteiger partial charge on any atom is 0.337 e. The van der Waals surface area contributed by atoms with E-state index in [0.717, 1.165) is 6.07 Å². The maximum atomic E-state index is 15.8. The third-order valence-electron chi connectivity index (χ3n) is 7.61. The smallest absolute Gasteiger partial charge is 0.337 e. The third-order valence-corrected chi connectivity index (χ3v) is 8.14. The monoisotopic (exact) mass is 629 g/mol. The van der Waals surface area contributed by atoms with E-state index in [2.05, 4.69) is 16.7 Å². The molecule has 226 valence electrons. The van der Waals surface area contributed by atoms with Crippen LogP contribution in [-0.2, 0) is 14.9 Å². The van der Waals surface area contributed by atoms with Gasteiger partial charge in [-0.3, -0.25) is 4.79 Å². The fourth-order valence-corrected chi connectivity index (χ4v) is 6.15. The van der Waals surface area contributed by atoms with Crippen molar-refractivity contribution in [3.05, 3.63) is 93.0 Å². The Hall–Kier alpha value is -3.71. The number of carbonyl (C=O) groups is 2. The Labute approximate surface area is 259 Å². The Kier molecular flexibility index (Phi) is 9.36. The molecule has 3 unspecified atom stereocenters. The number of anilines is 1. The van der Waals surface area contributed by atoms with Crippen molar-refractivity contribution in [1.29, 1.82) is 5.26 Å². The van der Waals surface area contributed by atoms with Gasteiger partial charge < -0.3 is 20.1 Å². The van der Waals surface area contributed by atoms with Gasteiger partial charge in [0.2, 0.25) is 5.91 Å². The summed E-state index contributed by atoms with van der Waals surface area (Å²) in [5.41, 5.74) is -1.80.